The largest absolute Gasteiger partial charge is 0.350 e. The zero-order chi connectivity index (χ0) is 23.9. The predicted molar refractivity (Wildman–Crippen MR) is 131 cm³/mol. The number of halogens is 1. The summed E-state index contributed by atoms with van der Waals surface area (Å²) in [6.45, 7) is 1.92. The fraction of sp³-hybridized carbons (Fsp3) is 0.154. The van der Waals surface area contributed by atoms with Crippen molar-refractivity contribution in [2.24, 2.45) is 0 Å². The van der Waals surface area contributed by atoms with Gasteiger partial charge in [0, 0.05) is 0 Å². The van der Waals surface area contributed by atoms with Crippen LogP contribution in [0.1, 0.15) is 46.9 Å². The highest BCUT2D eigenvalue weighted by molar-refractivity contribution is 6.33. The normalized spacial score (nSPS) is 12.5. The molecule has 8 heteroatoms. The van der Waals surface area contributed by atoms with Crippen molar-refractivity contribution in [1.82, 2.24) is 25.4 Å². The summed E-state index contributed by atoms with van der Waals surface area (Å²) in [4.78, 5) is 29.8. The zero-order valence-corrected chi connectivity index (χ0v) is 19.3. The van der Waals surface area contributed by atoms with Crippen molar-refractivity contribution in [3.8, 4) is 5.69 Å². The highest BCUT2D eigenvalue weighted by Crippen LogP contribution is 2.21. The standard InChI is InChI=1S/C26H24ClN5O2/c1-18(19-11-13-21(14-12-19)32-17-28-16-29-32)30-25(33)15-24(20-7-3-2-4-8-20)31-26(34)22-9-5-6-10-23(22)27/h2-14,16-18,24H,15H2,1H3,(H,30,33)(H,31,34). The first-order valence-electron chi connectivity index (χ1n) is 10.9. The number of hydrogen-bond donors (Lipinski definition) is 2. The lowest BCUT2D eigenvalue weighted by Gasteiger charge is -2.21. The van der Waals surface area contributed by atoms with Gasteiger partial charge in [-0.1, -0.05) is 66.2 Å². The van der Waals surface area contributed by atoms with Gasteiger partial charge in [-0.2, -0.15) is 5.10 Å². The van der Waals surface area contributed by atoms with E-state index in [9.17, 15) is 9.59 Å². The maximum atomic E-state index is 12.9. The molecule has 7 nitrogen and oxygen atoms in total. The lowest BCUT2D eigenvalue weighted by atomic mass is 10.0. The summed E-state index contributed by atoms with van der Waals surface area (Å²) in [5.41, 5.74) is 3.04. The van der Waals surface area contributed by atoms with Crippen molar-refractivity contribution in [3.63, 3.8) is 0 Å². The van der Waals surface area contributed by atoms with Crippen LogP contribution in [0, 0.1) is 0 Å². The molecule has 2 unspecified atom stereocenters. The number of nitrogens with one attached hydrogen (secondary N) is 2. The number of hydrogen-bond acceptors (Lipinski definition) is 4. The highest BCUT2D eigenvalue weighted by Gasteiger charge is 2.21. The number of nitrogens with zero attached hydrogens (tertiary/aromatic N) is 3. The van der Waals surface area contributed by atoms with E-state index >= 15 is 0 Å². The Bertz CT molecular complexity index is 1240. The second kappa shape index (κ2) is 10.8. The molecule has 0 saturated heterocycles. The number of carbonyl (C=O) groups is 2. The second-order valence-electron chi connectivity index (χ2n) is 7.84. The van der Waals surface area contributed by atoms with Crippen molar-refractivity contribution >= 4 is 23.4 Å². The first-order chi connectivity index (χ1) is 16.5. The molecule has 2 atom stereocenters. The van der Waals surface area contributed by atoms with E-state index in [1.165, 1.54) is 6.33 Å². The Kier molecular flexibility index (Phi) is 7.34. The Hall–Kier alpha value is -3.97. The number of aromatic nitrogens is 3. The second-order valence-corrected chi connectivity index (χ2v) is 8.25. The zero-order valence-electron chi connectivity index (χ0n) is 18.6. The Morgan fingerprint density at radius 3 is 2.29 bits per heavy atom. The molecule has 3 aromatic carbocycles. The molecule has 4 aromatic rings. The molecule has 1 heterocycles. The number of rotatable bonds is 8. The molecule has 1 aromatic heterocycles. The first kappa shape index (κ1) is 23.2. The minimum Gasteiger partial charge on any atom is -0.350 e. The minimum atomic E-state index is -0.508. The van der Waals surface area contributed by atoms with Gasteiger partial charge in [-0.3, -0.25) is 9.59 Å². The van der Waals surface area contributed by atoms with Gasteiger partial charge in [0.25, 0.3) is 5.91 Å². The van der Waals surface area contributed by atoms with Crippen LogP contribution in [-0.2, 0) is 4.79 Å². The maximum Gasteiger partial charge on any atom is 0.253 e. The summed E-state index contributed by atoms with van der Waals surface area (Å²) in [5.74, 6) is -0.509. The Morgan fingerprint density at radius 1 is 0.912 bits per heavy atom. The average Bonchev–Trinajstić information content (AvgIpc) is 3.39. The molecule has 0 aliphatic heterocycles. The fourth-order valence-electron chi connectivity index (χ4n) is 3.65. The van der Waals surface area contributed by atoms with E-state index in [0.717, 1.165) is 16.8 Å². The molecule has 2 N–H and O–H groups in total. The predicted octanol–water partition coefficient (Wildman–Crippen LogP) is 4.66. The summed E-state index contributed by atoms with van der Waals surface area (Å²) in [7, 11) is 0. The van der Waals surface area contributed by atoms with Gasteiger partial charge in [0.2, 0.25) is 5.91 Å². The summed E-state index contributed by atoms with van der Waals surface area (Å²) in [6.07, 6.45) is 3.19. The smallest absolute Gasteiger partial charge is 0.253 e. The molecular formula is C26H24ClN5O2. The number of carbonyl (C=O) groups excluding carboxylic acids is 2. The maximum absolute atomic E-state index is 12.9. The molecule has 172 valence electrons. The van der Waals surface area contributed by atoms with Gasteiger partial charge < -0.3 is 10.6 Å². The van der Waals surface area contributed by atoms with Crippen LogP contribution in [0.2, 0.25) is 5.02 Å². The average molecular weight is 474 g/mol. The van der Waals surface area contributed by atoms with Gasteiger partial charge in [-0.25, -0.2) is 9.67 Å². The lowest BCUT2D eigenvalue weighted by molar-refractivity contribution is -0.122. The van der Waals surface area contributed by atoms with Gasteiger partial charge in [-0.15, -0.1) is 0 Å². The summed E-state index contributed by atoms with van der Waals surface area (Å²) in [5, 5.41) is 10.5. The van der Waals surface area contributed by atoms with E-state index in [-0.39, 0.29) is 24.3 Å². The van der Waals surface area contributed by atoms with Crippen LogP contribution < -0.4 is 10.6 Å². The molecule has 34 heavy (non-hydrogen) atoms. The van der Waals surface area contributed by atoms with E-state index in [1.807, 2.05) is 61.5 Å². The minimum absolute atomic E-state index is 0.0849. The molecule has 0 saturated carbocycles. The highest BCUT2D eigenvalue weighted by atomic mass is 35.5. The SMILES string of the molecule is CC(NC(=O)CC(NC(=O)c1ccccc1Cl)c1ccccc1)c1ccc(-n2cncn2)cc1. The third kappa shape index (κ3) is 5.68. The Balaban J connectivity index is 1.44. The molecular weight excluding hydrogens is 450 g/mol. The van der Waals surface area contributed by atoms with Crippen LogP contribution in [0.3, 0.4) is 0 Å². The van der Waals surface area contributed by atoms with Crippen LogP contribution >= 0.6 is 11.6 Å². The molecule has 0 radical (unpaired) electrons. The van der Waals surface area contributed by atoms with E-state index in [4.69, 9.17) is 11.6 Å². The summed E-state index contributed by atoms with van der Waals surface area (Å²) >= 11 is 6.19. The molecule has 0 aliphatic carbocycles. The van der Waals surface area contributed by atoms with Gasteiger partial charge in [0.05, 0.1) is 34.8 Å². The topological polar surface area (TPSA) is 88.9 Å². The van der Waals surface area contributed by atoms with Crippen LogP contribution in [0.25, 0.3) is 5.69 Å². The van der Waals surface area contributed by atoms with Crippen molar-refractivity contribution in [2.75, 3.05) is 0 Å². The van der Waals surface area contributed by atoms with Crippen molar-refractivity contribution in [1.29, 1.82) is 0 Å². The van der Waals surface area contributed by atoms with E-state index in [1.54, 1.807) is 35.3 Å². The van der Waals surface area contributed by atoms with Crippen molar-refractivity contribution in [3.05, 3.63) is 113 Å². The summed E-state index contributed by atoms with van der Waals surface area (Å²) < 4.78 is 1.67. The summed E-state index contributed by atoms with van der Waals surface area (Å²) in [6, 6.07) is 23.2. The third-order valence-corrected chi connectivity index (χ3v) is 5.80. The van der Waals surface area contributed by atoms with E-state index in [2.05, 4.69) is 20.7 Å². The van der Waals surface area contributed by atoms with Crippen LogP contribution in [-0.4, -0.2) is 26.6 Å². The van der Waals surface area contributed by atoms with Crippen LogP contribution in [0.4, 0.5) is 0 Å². The molecule has 4 rings (SSSR count). The number of benzene rings is 3. The fourth-order valence-corrected chi connectivity index (χ4v) is 3.87. The molecule has 0 spiro atoms. The quantitative estimate of drug-likeness (QED) is 0.389. The van der Waals surface area contributed by atoms with E-state index in [0.29, 0.717) is 10.6 Å². The molecule has 0 bridgehead atoms. The van der Waals surface area contributed by atoms with E-state index < -0.39 is 6.04 Å². The van der Waals surface area contributed by atoms with Gasteiger partial charge in [0.1, 0.15) is 12.7 Å². The van der Waals surface area contributed by atoms with Crippen molar-refractivity contribution in [2.45, 2.75) is 25.4 Å². The molecule has 0 fully saturated rings. The van der Waals surface area contributed by atoms with Crippen molar-refractivity contribution < 1.29 is 9.59 Å². The first-order valence-corrected chi connectivity index (χ1v) is 11.2. The Morgan fingerprint density at radius 2 is 1.62 bits per heavy atom. The monoisotopic (exact) mass is 473 g/mol. The van der Waals surface area contributed by atoms with Crippen LogP contribution in [0.5, 0.6) is 0 Å². The molecule has 0 aliphatic rings. The van der Waals surface area contributed by atoms with Crippen LogP contribution in [0.15, 0.2) is 91.5 Å². The van der Waals surface area contributed by atoms with Gasteiger partial charge in [-0.05, 0) is 42.3 Å². The third-order valence-electron chi connectivity index (χ3n) is 5.47. The number of amides is 2. The Labute approximate surface area is 202 Å². The lowest BCUT2D eigenvalue weighted by Crippen LogP contribution is -2.34. The molecule has 2 amide bonds. The van der Waals surface area contributed by atoms with Gasteiger partial charge in [0.15, 0.2) is 0 Å². The van der Waals surface area contributed by atoms with Gasteiger partial charge >= 0.3 is 0 Å².